The van der Waals surface area contributed by atoms with Gasteiger partial charge in [-0.15, -0.1) is 4.91 Å². The first kappa shape index (κ1) is 6.75. The van der Waals surface area contributed by atoms with Crippen molar-refractivity contribution in [3.8, 4) is 0 Å². The van der Waals surface area contributed by atoms with Gasteiger partial charge in [0, 0.05) is 0 Å². The number of hydrogen-bond acceptors (Lipinski definition) is 3. The Kier molecular flexibility index (Phi) is 2.08. The summed E-state index contributed by atoms with van der Waals surface area (Å²) in [6, 6.07) is 0. The van der Waals surface area contributed by atoms with Crippen molar-refractivity contribution in [2.24, 2.45) is 5.34 Å². The van der Waals surface area contributed by atoms with Gasteiger partial charge in [0.25, 0.3) is 0 Å². The van der Waals surface area contributed by atoms with Crippen LogP contribution in [0, 0.1) is 4.91 Å². The Labute approximate surface area is 44.5 Å². The fraction of sp³-hybridized carbons (Fsp3) is 1.00. The molecule has 0 saturated heterocycles. The molecule has 0 aromatic rings. The molecule has 0 saturated carbocycles. The van der Waals surface area contributed by atoms with Gasteiger partial charge >= 0.3 is 0 Å². The topological polar surface area (TPSA) is 38.7 Å². The molecule has 3 nitrogen and oxygen atoms in total. The third kappa shape index (κ3) is 5.75. The first-order valence-electron chi connectivity index (χ1n) is 1.76. The Morgan fingerprint density at radius 2 is 1.86 bits per heavy atom. The Balaban J connectivity index is 3.34. The lowest BCUT2D eigenvalue weighted by molar-refractivity contribution is 0.384. The summed E-state index contributed by atoms with van der Waals surface area (Å²) in [5, 5.41) is 2.29. The molecule has 0 N–H and O–H groups in total. The van der Waals surface area contributed by atoms with Gasteiger partial charge in [0.05, 0.1) is 0 Å². The van der Waals surface area contributed by atoms with E-state index in [1.165, 1.54) is 0 Å². The lowest BCUT2D eigenvalue weighted by atomic mass is 11.9. The first-order valence-corrected chi connectivity index (χ1v) is 4.54. The predicted octanol–water partition coefficient (Wildman–Crippen LogP) is 1.29. The monoisotopic (exact) mass is 123 g/mol. The van der Waals surface area contributed by atoms with Crippen LogP contribution in [0.15, 0.2) is 5.34 Å². The van der Waals surface area contributed by atoms with Crippen molar-refractivity contribution >= 4 is 10.3 Å². The van der Waals surface area contributed by atoms with Crippen LogP contribution in [0.2, 0.25) is 0 Å². The molecule has 0 fully saturated rings. The van der Waals surface area contributed by atoms with Crippen LogP contribution in [0.3, 0.4) is 0 Å². The van der Waals surface area contributed by atoms with Gasteiger partial charge in [-0.25, -0.2) is 0 Å². The van der Waals surface area contributed by atoms with Crippen LogP contribution in [-0.2, 0) is 4.28 Å². The summed E-state index contributed by atoms with van der Waals surface area (Å²) in [4.78, 5) is 9.37. The Morgan fingerprint density at radius 3 is 1.86 bits per heavy atom. The third-order valence-corrected chi connectivity index (χ3v) is 0.762. The smallest absolute Gasteiger partial charge is 0.166 e. The highest BCUT2D eigenvalue weighted by Gasteiger charge is 2.01. The van der Waals surface area contributed by atoms with Crippen molar-refractivity contribution in [1.29, 1.82) is 0 Å². The van der Waals surface area contributed by atoms with Crippen molar-refractivity contribution in [3.05, 3.63) is 4.91 Å². The van der Waals surface area contributed by atoms with Crippen LogP contribution >= 0.6 is 10.3 Å². The van der Waals surface area contributed by atoms with Gasteiger partial charge in [0.1, 0.15) is 0 Å². The molecule has 0 radical (unpaired) electrons. The molecule has 0 aliphatic carbocycles. The third-order valence-electron chi connectivity index (χ3n) is 0.254. The lowest BCUT2D eigenvalue weighted by Gasteiger charge is -2.17. The molecule has 0 unspecified atom stereocenters. The molecule has 0 atom stereocenters. The maximum Gasteiger partial charge on any atom is 0.166 e. The molecular formula is C3H9NO2S. The van der Waals surface area contributed by atoms with Gasteiger partial charge in [0.15, 0.2) is 5.34 Å². The Bertz CT molecular complexity index is 67.8. The van der Waals surface area contributed by atoms with E-state index in [-0.39, 0.29) is 0 Å². The molecule has 0 bridgehead atoms. The predicted molar refractivity (Wildman–Crippen MR) is 32.2 cm³/mol. The second-order valence-corrected chi connectivity index (χ2v) is 5.47. The standard InChI is InChI=1S/C3H9NO2S/c1-7(2,3)6-4-5/h1-3H3. The molecule has 0 heterocycles. The van der Waals surface area contributed by atoms with Crippen LogP contribution < -0.4 is 0 Å². The zero-order valence-corrected chi connectivity index (χ0v) is 5.49. The molecule has 0 spiro atoms. The number of nitrogens with zero attached hydrogens (tertiary/aromatic N) is 1. The van der Waals surface area contributed by atoms with E-state index in [2.05, 4.69) is 9.62 Å². The first-order chi connectivity index (χ1) is 3.06. The van der Waals surface area contributed by atoms with Crippen molar-refractivity contribution in [3.63, 3.8) is 0 Å². The SMILES string of the molecule is CS(C)(C)ON=O. The summed E-state index contributed by atoms with van der Waals surface area (Å²) < 4.78 is 4.38. The van der Waals surface area contributed by atoms with Gasteiger partial charge < -0.3 is 4.28 Å². The summed E-state index contributed by atoms with van der Waals surface area (Å²) >= 11 is 0. The summed E-state index contributed by atoms with van der Waals surface area (Å²) in [6.45, 7) is 0. The number of rotatable bonds is 2. The zero-order valence-electron chi connectivity index (χ0n) is 4.67. The molecule has 0 aliphatic heterocycles. The number of hydrogen-bond donors (Lipinski definition) is 0. The maximum absolute atomic E-state index is 9.37. The van der Waals surface area contributed by atoms with Crippen molar-refractivity contribution in [1.82, 2.24) is 0 Å². The molecule has 0 aromatic carbocycles. The normalized spacial score (nSPS) is 13.0. The van der Waals surface area contributed by atoms with E-state index < -0.39 is 10.3 Å². The molecule has 0 amide bonds. The minimum absolute atomic E-state index is 1.15. The van der Waals surface area contributed by atoms with Crippen LogP contribution in [0.4, 0.5) is 0 Å². The van der Waals surface area contributed by atoms with E-state index in [1.807, 2.05) is 18.8 Å². The van der Waals surface area contributed by atoms with Gasteiger partial charge in [0.2, 0.25) is 0 Å². The second-order valence-electron chi connectivity index (χ2n) is 1.87. The summed E-state index contributed by atoms with van der Waals surface area (Å²) in [5.74, 6) is 0. The van der Waals surface area contributed by atoms with Crippen LogP contribution in [0.5, 0.6) is 0 Å². The highest BCUT2D eigenvalue weighted by molar-refractivity contribution is 8.28. The van der Waals surface area contributed by atoms with Gasteiger partial charge in [-0.3, -0.25) is 0 Å². The average Bonchev–Trinajstić information content (AvgIpc) is 1.30. The fourth-order valence-corrected chi connectivity index (χ4v) is 0.274. The van der Waals surface area contributed by atoms with Crippen molar-refractivity contribution in [2.75, 3.05) is 18.8 Å². The van der Waals surface area contributed by atoms with Crippen molar-refractivity contribution < 1.29 is 4.28 Å². The van der Waals surface area contributed by atoms with E-state index in [0.29, 0.717) is 0 Å². The Morgan fingerprint density at radius 1 is 1.43 bits per heavy atom. The summed E-state index contributed by atoms with van der Waals surface area (Å²) in [7, 11) is -1.15. The molecule has 7 heavy (non-hydrogen) atoms. The van der Waals surface area contributed by atoms with E-state index in [9.17, 15) is 4.91 Å². The average molecular weight is 123 g/mol. The summed E-state index contributed by atoms with van der Waals surface area (Å²) in [5.41, 5.74) is 0. The molecular weight excluding hydrogens is 114 g/mol. The maximum atomic E-state index is 9.37. The second kappa shape index (κ2) is 2.16. The van der Waals surface area contributed by atoms with Crippen LogP contribution in [0.25, 0.3) is 0 Å². The van der Waals surface area contributed by atoms with Gasteiger partial charge in [-0.1, -0.05) is 10.3 Å². The van der Waals surface area contributed by atoms with E-state index in [4.69, 9.17) is 0 Å². The Hall–Kier alpha value is -0.250. The molecule has 0 rings (SSSR count). The largest absolute Gasteiger partial charge is 0.313 e. The van der Waals surface area contributed by atoms with Gasteiger partial charge in [-0.2, -0.15) is 0 Å². The zero-order chi connectivity index (χ0) is 5.91. The minimum Gasteiger partial charge on any atom is -0.313 e. The quantitative estimate of drug-likeness (QED) is 0.410. The molecule has 44 valence electrons. The highest BCUT2D eigenvalue weighted by atomic mass is 32.3. The minimum atomic E-state index is -1.15. The van der Waals surface area contributed by atoms with E-state index in [1.54, 1.807) is 0 Å². The van der Waals surface area contributed by atoms with Crippen molar-refractivity contribution in [2.45, 2.75) is 0 Å². The van der Waals surface area contributed by atoms with E-state index >= 15 is 0 Å². The summed E-state index contributed by atoms with van der Waals surface area (Å²) in [6.07, 6.45) is 5.52. The van der Waals surface area contributed by atoms with E-state index in [0.717, 1.165) is 0 Å². The van der Waals surface area contributed by atoms with Crippen LogP contribution in [0.1, 0.15) is 0 Å². The molecule has 4 heteroatoms. The highest BCUT2D eigenvalue weighted by Crippen LogP contribution is 2.35. The fourth-order valence-electron chi connectivity index (χ4n) is 0.0913. The molecule has 0 aliphatic rings. The van der Waals surface area contributed by atoms with Crippen LogP contribution in [-0.4, -0.2) is 18.8 Å². The molecule has 0 aromatic heterocycles. The van der Waals surface area contributed by atoms with Gasteiger partial charge in [-0.05, 0) is 18.8 Å². The lowest BCUT2D eigenvalue weighted by Crippen LogP contribution is -1.90.